The Balaban J connectivity index is 1.57. The van der Waals surface area contributed by atoms with Gasteiger partial charge in [-0.25, -0.2) is 13.8 Å². The van der Waals surface area contributed by atoms with Crippen molar-refractivity contribution in [2.75, 3.05) is 5.32 Å². The van der Waals surface area contributed by atoms with Gasteiger partial charge in [-0.3, -0.25) is 4.79 Å². The van der Waals surface area contributed by atoms with Crippen LogP contribution in [0.3, 0.4) is 0 Å². The molecule has 5 nitrogen and oxygen atoms in total. The van der Waals surface area contributed by atoms with Gasteiger partial charge in [-0.15, -0.1) is 0 Å². The first-order chi connectivity index (χ1) is 14.3. The minimum Gasteiger partial charge on any atom is -0.349 e. The minimum atomic E-state index is -0.640. The van der Waals surface area contributed by atoms with Crippen molar-refractivity contribution >= 4 is 40.2 Å². The van der Waals surface area contributed by atoms with E-state index in [2.05, 4.69) is 27.5 Å². The van der Waals surface area contributed by atoms with Gasteiger partial charge in [0.15, 0.2) is 5.82 Å². The van der Waals surface area contributed by atoms with Crippen molar-refractivity contribution in [1.82, 2.24) is 15.3 Å². The van der Waals surface area contributed by atoms with Crippen molar-refractivity contribution in [2.45, 2.75) is 45.6 Å². The molecule has 1 amide bonds. The normalized spacial score (nSPS) is 19.1. The van der Waals surface area contributed by atoms with Gasteiger partial charge in [0.1, 0.15) is 5.82 Å². The van der Waals surface area contributed by atoms with Crippen LogP contribution in [0, 0.1) is 24.5 Å². The topological polar surface area (TPSA) is 69.8 Å². The largest absolute Gasteiger partial charge is 0.349 e. The van der Waals surface area contributed by atoms with Gasteiger partial charge in [0, 0.05) is 12.1 Å². The first kappa shape index (κ1) is 20.6. The Labute approximate surface area is 178 Å². The van der Waals surface area contributed by atoms with Gasteiger partial charge in [0.2, 0.25) is 5.95 Å². The second-order valence-electron chi connectivity index (χ2n) is 8.04. The molecule has 0 unspecified atom stereocenters. The number of carbonyl (C=O) groups excluding carboxylic acids is 1. The fraction of sp³-hybridized carbons (Fsp3) is 0.364. The van der Waals surface area contributed by atoms with Crippen molar-refractivity contribution in [1.29, 1.82) is 0 Å². The van der Waals surface area contributed by atoms with Gasteiger partial charge in [-0.2, -0.15) is 0 Å². The number of anilines is 2. The lowest BCUT2D eigenvalue weighted by molar-refractivity contribution is 0.0919. The second kappa shape index (κ2) is 8.22. The third-order valence-corrected chi connectivity index (χ3v) is 6.01. The SMILES string of the molecule is Cc1ccc(Cl)c(Nc2nc3cc(C(=O)NC4CCC(C)CC4)c(F)cc3[nH]2)c1F. The van der Waals surface area contributed by atoms with E-state index in [0.29, 0.717) is 22.5 Å². The molecule has 30 heavy (non-hydrogen) atoms. The molecule has 0 radical (unpaired) electrons. The maximum absolute atomic E-state index is 14.6. The predicted molar refractivity (Wildman–Crippen MR) is 114 cm³/mol. The first-order valence-electron chi connectivity index (χ1n) is 10.0. The Hall–Kier alpha value is -2.67. The van der Waals surface area contributed by atoms with E-state index in [9.17, 15) is 13.6 Å². The van der Waals surface area contributed by atoms with E-state index in [-0.39, 0.29) is 28.3 Å². The summed E-state index contributed by atoms with van der Waals surface area (Å²) in [4.78, 5) is 19.8. The molecule has 0 spiro atoms. The summed E-state index contributed by atoms with van der Waals surface area (Å²) in [5, 5.41) is 5.94. The number of imidazole rings is 1. The maximum atomic E-state index is 14.6. The van der Waals surface area contributed by atoms with E-state index in [1.807, 2.05) is 0 Å². The summed E-state index contributed by atoms with van der Waals surface area (Å²) in [6.07, 6.45) is 3.91. The highest BCUT2D eigenvalue weighted by Crippen LogP contribution is 2.30. The molecule has 4 rings (SSSR count). The lowest BCUT2D eigenvalue weighted by Gasteiger charge is -2.26. The average Bonchev–Trinajstić information content (AvgIpc) is 3.10. The van der Waals surface area contributed by atoms with Crippen LogP contribution in [0.5, 0.6) is 0 Å². The van der Waals surface area contributed by atoms with E-state index in [1.165, 1.54) is 12.1 Å². The molecular formula is C22H23ClF2N4O. The van der Waals surface area contributed by atoms with Gasteiger partial charge in [0.05, 0.1) is 27.3 Å². The lowest BCUT2D eigenvalue weighted by Crippen LogP contribution is -2.37. The zero-order valence-electron chi connectivity index (χ0n) is 16.8. The third-order valence-electron chi connectivity index (χ3n) is 5.69. The van der Waals surface area contributed by atoms with E-state index in [4.69, 9.17) is 11.6 Å². The Bertz CT molecular complexity index is 1110. The van der Waals surface area contributed by atoms with Crippen LogP contribution in [0.1, 0.15) is 48.5 Å². The number of aromatic amines is 1. The molecule has 1 heterocycles. The van der Waals surface area contributed by atoms with Crippen LogP contribution in [-0.2, 0) is 0 Å². The first-order valence-corrected chi connectivity index (χ1v) is 10.4. The van der Waals surface area contributed by atoms with Gasteiger partial charge in [-0.1, -0.05) is 24.6 Å². The molecule has 8 heteroatoms. The van der Waals surface area contributed by atoms with Crippen molar-refractivity contribution < 1.29 is 13.6 Å². The van der Waals surface area contributed by atoms with Gasteiger partial charge < -0.3 is 15.6 Å². The number of nitrogens with one attached hydrogen (secondary N) is 3. The van der Waals surface area contributed by atoms with Crippen LogP contribution in [0.2, 0.25) is 5.02 Å². The molecule has 0 saturated heterocycles. The quantitative estimate of drug-likeness (QED) is 0.484. The number of aryl methyl sites for hydroxylation is 1. The summed E-state index contributed by atoms with van der Waals surface area (Å²) in [5.74, 6) is -0.711. The molecule has 1 saturated carbocycles. The number of aromatic nitrogens is 2. The van der Waals surface area contributed by atoms with Crippen molar-refractivity contribution in [3.63, 3.8) is 0 Å². The number of fused-ring (bicyclic) bond motifs is 1. The molecule has 1 aliphatic carbocycles. The smallest absolute Gasteiger partial charge is 0.254 e. The molecule has 3 aromatic rings. The monoisotopic (exact) mass is 432 g/mol. The highest BCUT2D eigenvalue weighted by molar-refractivity contribution is 6.33. The Morgan fingerprint density at radius 3 is 2.67 bits per heavy atom. The fourth-order valence-corrected chi connectivity index (χ4v) is 4.01. The third kappa shape index (κ3) is 4.12. The van der Waals surface area contributed by atoms with E-state index < -0.39 is 17.5 Å². The summed E-state index contributed by atoms with van der Waals surface area (Å²) in [7, 11) is 0. The molecular weight excluding hydrogens is 410 g/mol. The van der Waals surface area contributed by atoms with Gasteiger partial charge >= 0.3 is 0 Å². The molecule has 2 aromatic carbocycles. The van der Waals surface area contributed by atoms with Crippen molar-refractivity contribution in [3.05, 3.63) is 52.0 Å². The second-order valence-corrected chi connectivity index (χ2v) is 8.45. The zero-order valence-corrected chi connectivity index (χ0v) is 17.5. The number of carbonyl (C=O) groups is 1. The van der Waals surface area contributed by atoms with Crippen molar-refractivity contribution in [2.24, 2.45) is 5.92 Å². The molecule has 3 N–H and O–H groups in total. The molecule has 0 bridgehead atoms. The van der Waals surface area contributed by atoms with Crippen LogP contribution in [0.4, 0.5) is 20.4 Å². The Morgan fingerprint density at radius 2 is 1.93 bits per heavy atom. The molecule has 0 aliphatic heterocycles. The van der Waals surface area contributed by atoms with E-state index in [0.717, 1.165) is 25.7 Å². The van der Waals surface area contributed by atoms with Crippen LogP contribution < -0.4 is 10.6 Å². The standard InChI is InChI=1S/C22H23ClF2N4O/c1-11-3-6-13(7-4-11)26-21(30)14-9-17-18(10-16(14)24)28-22(27-17)29-20-15(23)8-5-12(2)19(20)25/h5,8-11,13H,3-4,6-7H2,1-2H3,(H,26,30)(H2,27,28,29). The number of nitrogens with zero attached hydrogens (tertiary/aromatic N) is 1. The lowest BCUT2D eigenvalue weighted by atomic mass is 9.87. The summed E-state index contributed by atoms with van der Waals surface area (Å²) >= 11 is 6.09. The van der Waals surface area contributed by atoms with E-state index >= 15 is 0 Å². The predicted octanol–water partition coefficient (Wildman–Crippen LogP) is 5.86. The minimum absolute atomic E-state index is 0.0565. The highest BCUT2D eigenvalue weighted by atomic mass is 35.5. The van der Waals surface area contributed by atoms with Gasteiger partial charge in [0.25, 0.3) is 5.91 Å². The number of hydrogen-bond donors (Lipinski definition) is 3. The van der Waals surface area contributed by atoms with Crippen LogP contribution in [0.25, 0.3) is 11.0 Å². The molecule has 1 fully saturated rings. The molecule has 158 valence electrons. The molecule has 1 aliphatic rings. The molecule has 1 aromatic heterocycles. The van der Waals surface area contributed by atoms with Crippen LogP contribution in [0.15, 0.2) is 24.3 Å². The fourth-order valence-electron chi connectivity index (χ4n) is 3.82. The van der Waals surface area contributed by atoms with Crippen LogP contribution >= 0.6 is 11.6 Å². The number of benzene rings is 2. The zero-order chi connectivity index (χ0) is 21.4. The Morgan fingerprint density at radius 1 is 1.20 bits per heavy atom. The number of rotatable bonds is 4. The van der Waals surface area contributed by atoms with Crippen LogP contribution in [-0.4, -0.2) is 21.9 Å². The van der Waals surface area contributed by atoms with E-state index in [1.54, 1.807) is 19.1 Å². The molecule has 0 atom stereocenters. The summed E-state index contributed by atoms with van der Waals surface area (Å²) < 4.78 is 29.0. The number of hydrogen-bond acceptors (Lipinski definition) is 3. The summed E-state index contributed by atoms with van der Waals surface area (Å²) in [6.45, 7) is 3.83. The average molecular weight is 433 g/mol. The maximum Gasteiger partial charge on any atom is 0.254 e. The number of H-pyrrole nitrogens is 1. The number of halogens is 3. The van der Waals surface area contributed by atoms with Crippen molar-refractivity contribution in [3.8, 4) is 0 Å². The number of amides is 1. The summed E-state index contributed by atoms with van der Waals surface area (Å²) in [5.41, 5.74) is 1.24. The Kier molecular flexibility index (Phi) is 5.64. The summed E-state index contributed by atoms with van der Waals surface area (Å²) in [6, 6.07) is 5.85. The van der Waals surface area contributed by atoms with Gasteiger partial charge in [-0.05, 0) is 56.2 Å². The highest BCUT2D eigenvalue weighted by Gasteiger charge is 2.22.